The molecule has 0 aliphatic heterocycles. The van der Waals surface area contributed by atoms with Crippen LogP contribution in [0.3, 0.4) is 0 Å². The van der Waals surface area contributed by atoms with E-state index in [4.69, 9.17) is 11.6 Å². The first kappa shape index (κ1) is 16.7. The SMILES string of the molecule is CCNCc1ccc(Cl)c(S(=O)(=O)NC2CCCC2C)c1. The predicted molar refractivity (Wildman–Crippen MR) is 86.0 cm³/mol. The highest BCUT2D eigenvalue weighted by atomic mass is 35.5. The quantitative estimate of drug-likeness (QED) is 0.843. The van der Waals surface area contributed by atoms with Crippen molar-refractivity contribution in [2.45, 2.75) is 50.6 Å². The number of nitrogens with one attached hydrogen (secondary N) is 2. The second kappa shape index (κ2) is 7.09. The first-order valence-corrected chi connectivity index (χ1v) is 9.31. The highest BCUT2D eigenvalue weighted by Gasteiger charge is 2.29. The van der Waals surface area contributed by atoms with Crippen LogP contribution in [-0.4, -0.2) is 21.0 Å². The van der Waals surface area contributed by atoms with Crippen LogP contribution in [0.5, 0.6) is 0 Å². The van der Waals surface area contributed by atoms with Crippen LogP contribution in [0.4, 0.5) is 0 Å². The van der Waals surface area contributed by atoms with Crippen molar-refractivity contribution in [3.05, 3.63) is 28.8 Å². The zero-order chi connectivity index (χ0) is 15.5. The Bertz CT molecular complexity index is 589. The van der Waals surface area contributed by atoms with Gasteiger partial charge in [-0.15, -0.1) is 0 Å². The van der Waals surface area contributed by atoms with Gasteiger partial charge in [-0.1, -0.05) is 37.9 Å². The van der Waals surface area contributed by atoms with Crippen molar-refractivity contribution < 1.29 is 8.42 Å². The smallest absolute Gasteiger partial charge is 0.242 e. The maximum absolute atomic E-state index is 12.6. The van der Waals surface area contributed by atoms with E-state index >= 15 is 0 Å². The van der Waals surface area contributed by atoms with Crippen molar-refractivity contribution >= 4 is 21.6 Å². The molecule has 0 bridgehead atoms. The zero-order valence-corrected chi connectivity index (χ0v) is 14.1. The molecule has 1 aliphatic carbocycles. The molecule has 1 fully saturated rings. The summed E-state index contributed by atoms with van der Waals surface area (Å²) in [5.41, 5.74) is 0.918. The minimum atomic E-state index is -3.56. The Kier molecular flexibility index (Phi) is 5.66. The molecular weight excluding hydrogens is 308 g/mol. The summed E-state index contributed by atoms with van der Waals surface area (Å²) >= 11 is 6.10. The molecule has 6 heteroatoms. The summed E-state index contributed by atoms with van der Waals surface area (Å²) in [4.78, 5) is 0.179. The molecule has 21 heavy (non-hydrogen) atoms. The second-order valence-electron chi connectivity index (χ2n) is 5.68. The Balaban J connectivity index is 2.22. The Morgan fingerprint density at radius 1 is 1.33 bits per heavy atom. The summed E-state index contributed by atoms with van der Waals surface area (Å²) < 4.78 is 27.9. The minimum absolute atomic E-state index is 0.0171. The molecule has 4 nitrogen and oxygen atoms in total. The van der Waals surface area contributed by atoms with Gasteiger partial charge >= 0.3 is 0 Å². The van der Waals surface area contributed by atoms with E-state index in [2.05, 4.69) is 17.0 Å². The van der Waals surface area contributed by atoms with E-state index in [9.17, 15) is 8.42 Å². The monoisotopic (exact) mass is 330 g/mol. The molecule has 2 N–H and O–H groups in total. The van der Waals surface area contributed by atoms with Gasteiger partial charge < -0.3 is 5.32 Å². The van der Waals surface area contributed by atoms with Gasteiger partial charge in [-0.2, -0.15) is 0 Å². The first-order chi connectivity index (χ1) is 9.94. The van der Waals surface area contributed by atoms with Crippen molar-refractivity contribution in [1.29, 1.82) is 0 Å². The van der Waals surface area contributed by atoms with Crippen molar-refractivity contribution in [2.75, 3.05) is 6.54 Å². The minimum Gasteiger partial charge on any atom is -0.313 e. The Morgan fingerprint density at radius 2 is 2.10 bits per heavy atom. The number of rotatable bonds is 6. The van der Waals surface area contributed by atoms with E-state index in [-0.39, 0.29) is 16.0 Å². The van der Waals surface area contributed by atoms with Gasteiger partial charge in [0, 0.05) is 12.6 Å². The molecule has 0 heterocycles. The van der Waals surface area contributed by atoms with Crippen LogP contribution < -0.4 is 10.0 Å². The van der Waals surface area contributed by atoms with Gasteiger partial charge in [0.25, 0.3) is 0 Å². The van der Waals surface area contributed by atoms with Gasteiger partial charge in [-0.05, 0) is 43.0 Å². The lowest BCUT2D eigenvalue weighted by molar-refractivity contribution is 0.476. The lowest BCUT2D eigenvalue weighted by Crippen LogP contribution is -2.36. The largest absolute Gasteiger partial charge is 0.313 e. The van der Waals surface area contributed by atoms with E-state index in [1.54, 1.807) is 12.1 Å². The van der Waals surface area contributed by atoms with Gasteiger partial charge in [-0.25, -0.2) is 13.1 Å². The summed E-state index contributed by atoms with van der Waals surface area (Å²) in [5.74, 6) is 0.378. The molecular formula is C15H23ClN2O2S. The molecule has 0 spiro atoms. The van der Waals surface area contributed by atoms with E-state index < -0.39 is 10.0 Å². The third kappa shape index (κ3) is 4.19. The van der Waals surface area contributed by atoms with Crippen molar-refractivity contribution in [3.8, 4) is 0 Å². The normalized spacial score (nSPS) is 22.6. The van der Waals surface area contributed by atoms with Crippen LogP contribution in [0, 0.1) is 5.92 Å². The second-order valence-corrected chi connectivity index (χ2v) is 7.77. The van der Waals surface area contributed by atoms with Gasteiger partial charge in [0.1, 0.15) is 4.90 Å². The van der Waals surface area contributed by atoms with Crippen molar-refractivity contribution in [2.24, 2.45) is 5.92 Å². The van der Waals surface area contributed by atoms with Crippen LogP contribution in [0.2, 0.25) is 5.02 Å². The lowest BCUT2D eigenvalue weighted by Gasteiger charge is -2.18. The zero-order valence-electron chi connectivity index (χ0n) is 12.5. The number of halogens is 1. The molecule has 2 rings (SSSR count). The topological polar surface area (TPSA) is 58.2 Å². The van der Waals surface area contributed by atoms with Gasteiger partial charge in [-0.3, -0.25) is 0 Å². The van der Waals surface area contributed by atoms with Gasteiger partial charge in [0.05, 0.1) is 5.02 Å². The number of sulfonamides is 1. The van der Waals surface area contributed by atoms with Crippen molar-refractivity contribution in [3.63, 3.8) is 0 Å². The molecule has 118 valence electrons. The first-order valence-electron chi connectivity index (χ1n) is 7.45. The van der Waals surface area contributed by atoms with Crippen LogP contribution in [0.25, 0.3) is 0 Å². The van der Waals surface area contributed by atoms with Crippen LogP contribution in [-0.2, 0) is 16.6 Å². The average Bonchev–Trinajstić information content (AvgIpc) is 2.82. The Hall–Kier alpha value is -0.620. The molecule has 0 saturated heterocycles. The molecule has 2 unspecified atom stereocenters. The number of hydrogen-bond acceptors (Lipinski definition) is 3. The third-order valence-corrected chi connectivity index (χ3v) is 6.00. The summed E-state index contributed by atoms with van der Waals surface area (Å²) in [7, 11) is -3.56. The Labute approximate surface area is 132 Å². The van der Waals surface area contributed by atoms with Crippen LogP contribution in [0.1, 0.15) is 38.7 Å². The Morgan fingerprint density at radius 3 is 2.71 bits per heavy atom. The maximum atomic E-state index is 12.6. The van der Waals surface area contributed by atoms with Crippen LogP contribution in [0.15, 0.2) is 23.1 Å². The van der Waals surface area contributed by atoms with E-state index in [0.717, 1.165) is 31.4 Å². The highest BCUT2D eigenvalue weighted by Crippen LogP contribution is 2.28. The van der Waals surface area contributed by atoms with E-state index in [1.165, 1.54) is 0 Å². The molecule has 0 radical (unpaired) electrons. The maximum Gasteiger partial charge on any atom is 0.242 e. The lowest BCUT2D eigenvalue weighted by atomic mass is 10.1. The molecule has 1 aliphatic rings. The molecule has 0 aromatic heterocycles. The predicted octanol–water partition coefficient (Wildman–Crippen LogP) is 2.92. The van der Waals surface area contributed by atoms with Crippen molar-refractivity contribution in [1.82, 2.24) is 10.0 Å². The molecule has 1 saturated carbocycles. The third-order valence-electron chi connectivity index (χ3n) is 4.03. The van der Waals surface area contributed by atoms with E-state index in [0.29, 0.717) is 12.5 Å². The summed E-state index contributed by atoms with van der Waals surface area (Å²) in [5, 5.41) is 3.46. The number of benzene rings is 1. The number of hydrogen-bond donors (Lipinski definition) is 2. The fourth-order valence-electron chi connectivity index (χ4n) is 2.72. The average molecular weight is 331 g/mol. The summed E-state index contributed by atoms with van der Waals surface area (Å²) in [6.45, 7) is 5.57. The standard InChI is InChI=1S/C15H23ClN2O2S/c1-3-17-10-12-7-8-13(16)15(9-12)21(19,20)18-14-6-4-5-11(14)2/h7-9,11,14,17-18H,3-6,10H2,1-2H3. The van der Waals surface area contributed by atoms with Gasteiger partial charge in [0.15, 0.2) is 0 Å². The van der Waals surface area contributed by atoms with E-state index in [1.807, 2.05) is 13.0 Å². The summed E-state index contributed by atoms with van der Waals surface area (Å²) in [6, 6.07) is 5.18. The highest BCUT2D eigenvalue weighted by molar-refractivity contribution is 7.89. The fraction of sp³-hybridized carbons (Fsp3) is 0.600. The fourth-order valence-corrected chi connectivity index (χ4v) is 4.65. The van der Waals surface area contributed by atoms with Crippen LogP contribution >= 0.6 is 11.6 Å². The molecule has 0 amide bonds. The summed E-state index contributed by atoms with van der Waals surface area (Å²) in [6.07, 6.45) is 3.04. The van der Waals surface area contributed by atoms with Gasteiger partial charge in [0.2, 0.25) is 10.0 Å². The molecule has 1 aromatic rings. The molecule has 2 atom stereocenters. The molecule has 1 aromatic carbocycles.